The van der Waals surface area contributed by atoms with E-state index in [4.69, 9.17) is 15.7 Å². The molecule has 4 rings (SSSR count). The number of fused-ring (bicyclic) bond motifs is 1. The van der Waals surface area contributed by atoms with Crippen LogP contribution >= 0.6 is 11.6 Å². The molecule has 2 heterocycles. The molecule has 0 bridgehead atoms. The van der Waals surface area contributed by atoms with Gasteiger partial charge in [0.25, 0.3) is 11.8 Å². The number of allylic oxidation sites excluding steroid dienone is 1. The van der Waals surface area contributed by atoms with Crippen molar-refractivity contribution in [1.29, 1.82) is 0 Å². The normalized spacial score (nSPS) is 23.5. The molecular weight excluding hydrogens is 489 g/mol. The van der Waals surface area contributed by atoms with Crippen LogP contribution in [-0.2, 0) is 22.2 Å². The average molecular weight is 507 g/mol. The highest BCUT2D eigenvalue weighted by Crippen LogP contribution is 2.39. The minimum atomic E-state index is -4.94. The average Bonchev–Trinajstić information content (AvgIpc) is 3.33. The van der Waals surface area contributed by atoms with Crippen LogP contribution in [0, 0.1) is 11.6 Å². The van der Waals surface area contributed by atoms with Gasteiger partial charge in [-0.15, -0.1) is 0 Å². The van der Waals surface area contributed by atoms with Gasteiger partial charge < -0.3 is 15.1 Å². The molecule has 7 nitrogen and oxygen atoms in total. The molecule has 180 valence electrons. The number of carbonyl (C=O) groups is 2. The lowest BCUT2D eigenvalue weighted by Gasteiger charge is -2.29. The van der Waals surface area contributed by atoms with Crippen LogP contribution in [0.15, 0.2) is 24.3 Å². The van der Waals surface area contributed by atoms with Crippen LogP contribution in [0.3, 0.4) is 0 Å². The second-order valence-corrected chi connectivity index (χ2v) is 7.88. The fourth-order valence-electron chi connectivity index (χ4n) is 3.78. The summed E-state index contributed by atoms with van der Waals surface area (Å²) in [5.74, 6) is -6.84. The van der Waals surface area contributed by atoms with Gasteiger partial charge in [0.2, 0.25) is 0 Å². The third kappa shape index (κ3) is 3.81. The van der Waals surface area contributed by atoms with E-state index in [1.807, 2.05) is 0 Å². The highest BCUT2D eigenvalue weighted by atomic mass is 35.5. The molecule has 1 aromatic heterocycles. The monoisotopic (exact) mass is 506 g/mol. The lowest BCUT2D eigenvalue weighted by atomic mass is 10.1. The number of anilines is 2. The van der Waals surface area contributed by atoms with E-state index in [0.29, 0.717) is 12.1 Å². The number of likely N-dealkylation sites (N-methyl/N-ethyl adjacent to an activating group) is 1. The van der Waals surface area contributed by atoms with Gasteiger partial charge in [-0.1, -0.05) is 23.8 Å². The van der Waals surface area contributed by atoms with Crippen molar-refractivity contribution in [3.63, 3.8) is 0 Å². The fourth-order valence-corrected chi connectivity index (χ4v) is 3.94. The van der Waals surface area contributed by atoms with Crippen LogP contribution in [0.1, 0.15) is 20.9 Å². The number of aliphatic hydroxyl groups is 2. The Morgan fingerprint density at radius 3 is 2.62 bits per heavy atom. The SMILES string of the molecule is [2H]C([2H])([2H])N(C(=O)[C@@H]1[C@H](O)[C@H](O)C(=O)N1c1cc(C(F)(F)F)c2c(n1)CC=C2)c1cc(Cl)c(F)cc1F. The van der Waals surface area contributed by atoms with Crippen molar-refractivity contribution in [3.8, 4) is 0 Å². The molecule has 2 amide bonds. The molecular formula is C21H15ClF5N3O4. The lowest BCUT2D eigenvalue weighted by molar-refractivity contribution is -0.138. The Bertz CT molecular complexity index is 1340. The third-order valence-electron chi connectivity index (χ3n) is 5.39. The number of carbonyl (C=O) groups excluding carboxylic acids is 2. The van der Waals surface area contributed by atoms with Crippen LogP contribution in [0.5, 0.6) is 0 Å². The fraction of sp³-hybridized carbons (Fsp3) is 0.286. The molecule has 0 saturated carbocycles. The van der Waals surface area contributed by atoms with Gasteiger partial charge in [0.1, 0.15) is 29.6 Å². The predicted octanol–water partition coefficient (Wildman–Crippen LogP) is 2.70. The van der Waals surface area contributed by atoms with Crippen molar-refractivity contribution in [2.24, 2.45) is 0 Å². The number of rotatable bonds is 3. The molecule has 2 N–H and O–H groups in total. The molecule has 0 spiro atoms. The number of pyridine rings is 1. The zero-order valence-corrected chi connectivity index (χ0v) is 17.4. The smallest absolute Gasteiger partial charge is 0.387 e. The highest BCUT2D eigenvalue weighted by molar-refractivity contribution is 6.31. The number of alkyl halides is 3. The number of aliphatic hydroxyl groups excluding tert-OH is 2. The van der Waals surface area contributed by atoms with Crippen molar-refractivity contribution in [2.45, 2.75) is 30.8 Å². The first-order valence-corrected chi connectivity index (χ1v) is 9.87. The van der Waals surface area contributed by atoms with E-state index in [1.165, 1.54) is 6.08 Å². The minimum absolute atomic E-state index is 0.0707. The second kappa shape index (κ2) is 8.29. The molecule has 2 aromatic rings. The number of halogens is 6. The Morgan fingerprint density at radius 1 is 1.26 bits per heavy atom. The van der Waals surface area contributed by atoms with Gasteiger partial charge in [-0.2, -0.15) is 13.2 Å². The van der Waals surface area contributed by atoms with Gasteiger partial charge in [-0.25, -0.2) is 13.8 Å². The van der Waals surface area contributed by atoms with Crippen LogP contribution in [0.4, 0.5) is 33.5 Å². The molecule has 1 aliphatic carbocycles. The summed E-state index contributed by atoms with van der Waals surface area (Å²) in [6.45, 7) is -3.52. The molecule has 1 saturated heterocycles. The van der Waals surface area contributed by atoms with Crippen molar-refractivity contribution < 1.29 is 45.9 Å². The van der Waals surface area contributed by atoms with Crippen LogP contribution in [-0.4, -0.2) is 52.2 Å². The first-order valence-electron chi connectivity index (χ1n) is 11.0. The van der Waals surface area contributed by atoms with E-state index in [9.17, 15) is 41.8 Å². The van der Waals surface area contributed by atoms with E-state index in [2.05, 4.69) is 4.98 Å². The highest BCUT2D eigenvalue weighted by Gasteiger charge is 2.53. The number of amides is 2. The van der Waals surface area contributed by atoms with Gasteiger partial charge in [-0.3, -0.25) is 14.5 Å². The van der Waals surface area contributed by atoms with Crippen LogP contribution in [0.25, 0.3) is 6.08 Å². The Kier molecular flexibility index (Phi) is 4.95. The molecule has 0 radical (unpaired) electrons. The Labute approximate surface area is 197 Å². The molecule has 1 aliphatic heterocycles. The van der Waals surface area contributed by atoms with E-state index >= 15 is 0 Å². The van der Waals surface area contributed by atoms with Gasteiger partial charge in [-0.05, 0) is 12.1 Å². The third-order valence-corrected chi connectivity index (χ3v) is 5.68. The predicted molar refractivity (Wildman–Crippen MR) is 110 cm³/mol. The van der Waals surface area contributed by atoms with Crippen LogP contribution in [0.2, 0.25) is 5.02 Å². The molecule has 3 atom stereocenters. The first kappa shape index (κ1) is 20.3. The topological polar surface area (TPSA) is 94.0 Å². The van der Waals surface area contributed by atoms with Crippen molar-refractivity contribution >= 4 is 41.0 Å². The number of benzene rings is 1. The van der Waals surface area contributed by atoms with Crippen molar-refractivity contribution in [3.05, 3.63) is 57.8 Å². The summed E-state index contributed by atoms with van der Waals surface area (Å²) in [5.41, 5.74) is -2.73. The van der Waals surface area contributed by atoms with Crippen molar-refractivity contribution in [2.75, 3.05) is 16.8 Å². The molecule has 0 unspecified atom stereocenters. The molecule has 1 fully saturated rings. The first-order chi connectivity index (χ1) is 17.0. The van der Waals surface area contributed by atoms with Gasteiger partial charge >= 0.3 is 6.18 Å². The molecule has 1 aromatic carbocycles. The zero-order chi connectivity index (χ0) is 27.6. The van der Waals surface area contributed by atoms with Gasteiger partial charge in [0, 0.05) is 29.1 Å². The maximum absolute atomic E-state index is 14.6. The maximum Gasteiger partial charge on any atom is 0.417 e. The number of aromatic nitrogens is 1. The Balaban J connectivity index is 1.88. The van der Waals surface area contributed by atoms with E-state index in [-0.39, 0.29) is 33.5 Å². The Hall–Kier alpha value is -3.09. The minimum Gasteiger partial charge on any atom is -0.387 e. The quantitative estimate of drug-likeness (QED) is 0.493. The van der Waals surface area contributed by atoms with E-state index < -0.39 is 76.9 Å². The van der Waals surface area contributed by atoms with Crippen molar-refractivity contribution in [1.82, 2.24) is 4.98 Å². The van der Waals surface area contributed by atoms with Gasteiger partial charge in [0.15, 0.2) is 6.10 Å². The number of nitrogens with zero attached hydrogens (tertiary/aromatic N) is 3. The summed E-state index contributed by atoms with van der Waals surface area (Å²) >= 11 is 5.62. The van der Waals surface area contributed by atoms with Gasteiger partial charge in [0.05, 0.1) is 22.0 Å². The number of hydrogen-bond donors (Lipinski definition) is 2. The molecule has 2 aliphatic rings. The second-order valence-electron chi connectivity index (χ2n) is 7.47. The largest absolute Gasteiger partial charge is 0.417 e. The van der Waals surface area contributed by atoms with E-state index in [1.54, 1.807) is 0 Å². The summed E-state index contributed by atoms with van der Waals surface area (Å²) in [6.07, 6.45) is -7.20. The maximum atomic E-state index is 14.6. The summed E-state index contributed by atoms with van der Waals surface area (Å²) in [7, 11) is 0. The summed E-state index contributed by atoms with van der Waals surface area (Å²) in [6, 6.07) is -1.28. The Morgan fingerprint density at radius 2 is 1.97 bits per heavy atom. The number of hydrogen-bond acceptors (Lipinski definition) is 5. The molecule has 34 heavy (non-hydrogen) atoms. The van der Waals surface area contributed by atoms with Crippen LogP contribution < -0.4 is 9.80 Å². The van der Waals surface area contributed by atoms with E-state index in [0.717, 1.165) is 6.08 Å². The summed E-state index contributed by atoms with van der Waals surface area (Å²) < 4.78 is 92.6. The lowest BCUT2D eigenvalue weighted by Crippen LogP contribution is -2.50. The standard InChI is InChI=1S/C21H15ClF5N3O4/c1-29(14-6-10(22)11(23)7-12(14)24)19(33)16-17(31)18(32)20(34)30(16)15-5-9(21(25,26)27)8-3-2-4-13(8)28-15/h2-3,5-7,16-18,31-32H,4H2,1H3/t16-,17-,18-/m0/s1/i1D3. The summed E-state index contributed by atoms with van der Waals surface area (Å²) in [4.78, 5) is 30.3. The summed E-state index contributed by atoms with van der Waals surface area (Å²) in [5, 5.41) is 19.9. The molecule has 13 heteroatoms. The zero-order valence-electron chi connectivity index (χ0n) is 19.6.